The van der Waals surface area contributed by atoms with Crippen LogP contribution in [0.1, 0.15) is 44.7 Å². The Hall–Kier alpha value is -2.74. The highest BCUT2D eigenvalue weighted by Crippen LogP contribution is 2.45. The standard InChI is InChI=1S/C22H25N3O4S/c1-4-29-21(27)19-13(2)23-22-25(20(19)14-5-9-17(28-3)10-6-14)16(12-30-22)11-18(26)24-15-7-8-15/h5-6,9-10,12,15,20H,4,7-8,11H2,1-3H3,(H,24,26). The molecule has 2 heterocycles. The topological polar surface area (TPSA) is 80.2 Å². The Morgan fingerprint density at radius 2 is 2.00 bits per heavy atom. The van der Waals surface area contributed by atoms with Crippen molar-refractivity contribution >= 4 is 28.8 Å². The van der Waals surface area contributed by atoms with Crippen LogP contribution in [-0.4, -0.2) is 41.7 Å². The van der Waals surface area contributed by atoms with Gasteiger partial charge in [-0.1, -0.05) is 23.9 Å². The van der Waals surface area contributed by atoms with Crippen molar-refractivity contribution in [2.24, 2.45) is 4.99 Å². The van der Waals surface area contributed by atoms with E-state index in [1.165, 1.54) is 11.8 Å². The number of fused-ring (bicyclic) bond motifs is 1. The number of carbonyl (C=O) groups excluding carboxylic acids is 2. The molecule has 1 aromatic carbocycles. The summed E-state index contributed by atoms with van der Waals surface area (Å²) in [7, 11) is 1.62. The van der Waals surface area contributed by atoms with Gasteiger partial charge >= 0.3 is 5.97 Å². The van der Waals surface area contributed by atoms with Gasteiger partial charge in [0.1, 0.15) is 5.75 Å². The van der Waals surface area contributed by atoms with Crippen LogP contribution in [0.15, 0.2) is 51.6 Å². The zero-order valence-electron chi connectivity index (χ0n) is 17.3. The monoisotopic (exact) mass is 427 g/mol. The van der Waals surface area contributed by atoms with Gasteiger partial charge in [-0.3, -0.25) is 4.79 Å². The lowest BCUT2D eigenvalue weighted by molar-refractivity contribution is -0.139. The fourth-order valence-electron chi connectivity index (χ4n) is 3.61. The van der Waals surface area contributed by atoms with Crippen molar-refractivity contribution in [2.45, 2.75) is 45.2 Å². The van der Waals surface area contributed by atoms with E-state index < -0.39 is 12.0 Å². The molecule has 0 aromatic heterocycles. The van der Waals surface area contributed by atoms with E-state index in [2.05, 4.69) is 10.3 Å². The molecule has 1 fully saturated rings. The number of hydrogen-bond donors (Lipinski definition) is 1. The first kappa shape index (κ1) is 20.5. The number of rotatable bonds is 7. The number of esters is 1. The van der Waals surface area contributed by atoms with Crippen molar-refractivity contribution in [3.8, 4) is 5.75 Å². The van der Waals surface area contributed by atoms with E-state index in [0.29, 0.717) is 17.3 Å². The molecule has 3 aliphatic rings. The van der Waals surface area contributed by atoms with E-state index >= 15 is 0 Å². The van der Waals surface area contributed by atoms with E-state index in [1.807, 2.05) is 41.5 Å². The van der Waals surface area contributed by atoms with Crippen LogP contribution in [0.5, 0.6) is 5.75 Å². The Bertz CT molecular complexity index is 948. The van der Waals surface area contributed by atoms with Crippen molar-refractivity contribution in [3.05, 3.63) is 52.2 Å². The highest BCUT2D eigenvalue weighted by molar-refractivity contribution is 8.16. The molecule has 1 N–H and O–H groups in total. The summed E-state index contributed by atoms with van der Waals surface area (Å²) >= 11 is 1.47. The molecule has 30 heavy (non-hydrogen) atoms. The van der Waals surface area contributed by atoms with E-state index in [0.717, 1.165) is 35.0 Å². The Morgan fingerprint density at radius 3 is 2.63 bits per heavy atom. The predicted octanol–water partition coefficient (Wildman–Crippen LogP) is 3.50. The number of nitrogens with zero attached hydrogens (tertiary/aromatic N) is 2. The number of nitrogens with one attached hydrogen (secondary N) is 1. The number of allylic oxidation sites excluding steroid dienone is 1. The zero-order chi connectivity index (χ0) is 21.3. The molecule has 1 saturated carbocycles. The van der Waals surface area contributed by atoms with Crippen LogP contribution < -0.4 is 10.1 Å². The van der Waals surface area contributed by atoms with Crippen LogP contribution in [-0.2, 0) is 14.3 Å². The van der Waals surface area contributed by atoms with Crippen LogP contribution in [0.3, 0.4) is 0 Å². The number of methoxy groups -OCH3 is 1. The number of carbonyl (C=O) groups is 2. The first-order valence-corrected chi connectivity index (χ1v) is 10.9. The van der Waals surface area contributed by atoms with Crippen molar-refractivity contribution in [3.63, 3.8) is 0 Å². The Kier molecular flexibility index (Phi) is 5.85. The largest absolute Gasteiger partial charge is 0.497 e. The van der Waals surface area contributed by atoms with Gasteiger partial charge in [0.05, 0.1) is 37.4 Å². The maximum Gasteiger partial charge on any atom is 0.338 e. The number of thioether (sulfide) groups is 1. The minimum absolute atomic E-state index is 0.0111. The van der Waals surface area contributed by atoms with Gasteiger partial charge in [0.15, 0.2) is 5.17 Å². The number of aliphatic imine (C=N–C) groups is 1. The van der Waals surface area contributed by atoms with Crippen LogP contribution >= 0.6 is 11.8 Å². The molecule has 1 aromatic rings. The fraction of sp³-hybridized carbons (Fsp3) is 0.409. The summed E-state index contributed by atoms with van der Waals surface area (Å²) in [4.78, 5) is 32.0. The quantitative estimate of drug-likeness (QED) is 0.671. The average molecular weight is 428 g/mol. The van der Waals surface area contributed by atoms with Crippen molar-refractivity contribution in [1.29, 1.82) is 0 Å². The summed E-state index contributed by atoms with van der Waals surface area (Å²) in [6.07, 6.45) is 2.32. The van der Waals surface area contributed by atoms with Crippen molar-refractivity contribution < 1.29 is 19.1 Å². The maximum atomic E-state index is 12.9. The Balaban J connectivity index is 1.70. The van der Waals surface area contributed by atoms with Crippen molar-refractivity contribution in [2.75, 3.05) is 13.7 Å². The van der Waals surface area contributed by atoms with E-state index in [-0.39, 0.29) is 18.9 Å². The molecular weight excluding hydrogens is 402 g/mol. The zero-order valence-corrected chi connectivity index (χ0v) is 18.1. The molecule has 1 amide bonds. The van der Waals surface area contributed by atoms with Gasteiger partial charge in [-0.15, -0.1) is 0 Å². The number of hydrogen-bond acceptors (Lipinski definition) is 7. The van der Waals surface area contributed by atoms with Gasteiger partial charge in [-0.05, 0) is 49.8 Å². The molecule has 8 heteroatoms. The number of amidine groups is 1. The lowest BCUT2D eigenvalue weighted by Gasteiger charge is -2.36. The number of benzene rings is 1. The lowest BCUT2D eigenvalue weighted by atomic mass is 9.93. The summed E-state index contributed by atoms with van der Waals surface area (Å²) < 4.78 is 10.6. The summed E-state index contributed by atoms with van der Waals surface area (Å²) in [6, 6.07) is 7.48. The van der Waals surface area contributed by atoms with Crippen LogP contribution in [0, 0.1) is 0 Å². The average Bonchev–Trinajstić information content (AvgIpc) is 3.46. The first-order valence-electron chi connectivity index (χ1n) is 10.1. The van der Waals surface area contributed by atoms with E-state index in [1.54, 1.807) is 14.0 Å². The highest BCUT2D eigenvalue weighted by Gasteiger charge is 2.41. The second-order valence-corrected chi connectivity index (χ2v) is 8.24. The molecule has 0 saturated heterocycles. The van der Waals surface area contributed by atoms with Gasteiger partial charge in [0.25, 0.3) is 0 Å². The van der Waals surface area contributed by atoms with E-state index in [9.17, 15) is 9.59 Å². The molecule has 158 valence electrons. The molecular formula is C22H25N3O4S. The molecule has 2 aliphatic heterocycles. The highest BCUT2D eigenvalue weighted by atomic mass is 32.2. The summed E-state index contributed by atoms with van der Waals surface area (Å²) in [6.45, 7) is 3.89. The predicted molar refractivity (Wildman–Crippen MR) is 116 cm³/mol. The molecule has 0 spiro atoms. The normalized spacial score (nSPS) is 20.4. The van der Waals surface area contributed by atoms with Crippen LogP contribution in [0.2, 0.25) is 0 Å². The summed E-state index contributed by atoms with van der Waals surface area (Å²) in [5.74, 6) is 0.331. The molecule has 7 nitrogen and oxygen atoms in total. The smallest absolute Gasteiger partial charge is 0.338 e. The lowest BCUT2D eigenvalue weighted by Crippen LogP contribution is -2.38. The number of amides is 1. The molecule has 0 radical (unpaired) electrons. The maximum absolute atomic E-state index is 12.9. The summed E-state index contributed by atoms with van der Waals surface area (Å²) in [5.41, 5.74) is 2.85. The van der Waals surface area contributed by atoms with Crippen molar-refractivity contribution in [1.82, 2.24) is 10.2 Å². The second-order valence-electron chi connectivity index (χ2n) is 7.41. The van der Waals surface area contributed by atoms with Gasteiger partial charge in [-0.2, -0.15) is 0 Å². The fourth-order valence-corrected chi connectivity index (χ4v) is 4.58. The minimum Gasteiger partial charge on any atom is -0.497 e. The van der Waals surface area contributed by atoms with Crippen LogP contribution in [0.4, 0.5) is 0 Å². The summed E-state index contributed by atoms with van der Waals surface area (Å²) in [5, 5.41) is 5.74. The second kappa shape index (κ2) is 8.55. The first-order chi connectivity index (χ1) is 14.5. The third kappa shape index (κ3) is 4.09. The Labute approximate surface area is 180 Å². The Morgan fingerprint density at radius 1 is 1.27 bits per heavy atom. The van der Waals surface area contributed by atoms with E-state index in [4.69, 9.17) is 9.47 Å². The molecule has 1 aliphatic carbocycles. The minimum atomic E-state index is -0.419. The third-order valence-electron chi connectivity index (χ3n) is 5.21. The molecule has 1 atom stereocenters. The van der Waals surface area contributed by atoms with Gasteiger partial charge in [0.2, 0.25) is 5.91 Å². The third-order valence-corrected chi connectivity index (χ3v) is 6.10. The van der Waals surface area contributed by atoms with Gasteiger partial charge in [0, 0.05) is 11.7 Å². The van der Waals surface area contributed by atoms with Crippen LogP contribution in [0.25, 0.3) is 0 Å². The van der Waals surface area contributed by atoms with Gasteiger partial charge < -0.3 is 19.7 Å². The van der Waals surface area contributed by atoms with Gasteiger partial charge in [-0.25, -0.2) is 9.79 Å². The number of ether oxygens (including phenoxy) is 2. The molecule has 0 bridgehead atoms. The SMILES string of the molecule is CCOC(=O)C1=C(C)N=C2SC=C(CC(=O)NC3CC3)N2C1c1ccc(OC)cc1. The molecule has 1 unspecified atom stereocenters. The molecule has 4 rings (SSSR count).